The Kier molecular flexibility index (Phi) is 5.42. The molecule has 1 aromatic rings. The maximum atomic E-state index is 12.5. The van der Waals surface area contributed by atoms with Gasteiger partial charge in [0, 0.05) is 37.9 Å². The third-order valence-corrected chi connectivity index (χ3v) is 6.59. The van der Waals surface area contributed by atoms with E-state index in [2.05, 4.69) is 41.3 Å². The van der Waals surface area contributed by atoms with Crippen LogP contribution in [0.2, 0.25) is 0 Å². The fraction of sp³-hybridized carbons (Fsp3) is 0.542. The molecule has 0 bridgehead atoms. The van der Waals surface area contributed by atoms with E-state index in [0.717, 1.165) is 57.7 Å². The molecule has 0 spiro atoms. The fourth-order valence-electron chi connectivity index (χ4n) is 5.08. The lowest BCUT2D eigenvalue weighted by Crippen LogP contribution is -2.31. The number of carbonyl (C=O) groups excluding carboxylic acids is 1. The first kappa shape index (κ1) is 18.9. The van der Waals surface area contributed by atoms with E-state index in [0.29, 0.717) is 0 Å². The number of likely N-dealkylation sites (tertiary alicyclic amines) is 1. The molecule has 29 heavy (non-hydrogen) atoms. The van der Waals surface area contributed by atoms with Crippen molar-refractivity contribution >= 4 is 5.97 Å². The van der Waals surface area contributed by atoms with Gasteiger partial charge in [-0.2, -0.15) is 0 Å². The summed E-state index contributed by atoms with van der Waals surface area (Å²) in [6, 6.07) is 10.5. The number of nitrogens with zero attached hydrogens (tertiary/aromatic N) is 1. The van der Waals surface area contributed by atoms with E-state index < -0.39 is 0 Å². The van der Waals surface area contributed by atoms with Crippen LogP contribution in [-0.4, -0.2) is 43.0 Å². The van der Waals surface area contributed by atoms with Crippen LogP contribution in [0.1, 0.15) is 31.2 Å². The summed E-state index contributed by atoms with van der Waals surface area (Å²) in [5, 5.41) is 0. The van der Waals surface area contributed by atoms with E-state index in [-0.39, 0.29) is 36.1 Å². The fourth-order valence-corrected chi connectivity index (χ4v) is 5.08. The first-order valence-corrected chi connectivity index (χ1v) is 10.9. The molecule has 0 N–H and O–H groups in total. The molecule has 0 aromatic heterocycles. The second-order valence-corrected chi connectivity index (χ2v) is 8.63. The van der Waals surface area contributed by atoms with Crippen LogP contribution in [0.25, 0.3) is 0 Å². The summed E-state index contributed by atoms with van der Waals surface area (Å²) < 4.78 is 17.5. The molecule has 3 saturated heterocycles. The molecule has 1 aliphatic carbocycles. The van der Waals surface area contributed by atoms with E-state index in [9.17, 15) is 4.79 Å². The summed E-state index contributed by atoms with van der Waals surface area (Å²) >= 11 is 0. The van der Waals surface area contributed by atoms with E-state index >= 15 is 0 Å². The van der Waals surface area contributed by atoms with Gasteiger partial charge in [-0.3, -0.25) is 9.69 Å². The number of allylic oxidation sites excluding steroid dienone is 2. The van der Waals surface area contributed by atoms with Gasteiger partial charge >= 0.3 is 5.97 Å². The van der Waals surface area contributed by atoms with Crippen molar-refractivity contribution in [2.75, 3.05) is 19.7 Å². The van der Waals surface area contributed by atoms with Gasteiger partial charge in [0.25, 0.3) is 0 Å². The Morgan fingerprint density at radius 1 is 1.14 bits per heavy atom. The Morgan fingerprint density at radius 3 is 2.79 bits per heavy atom. The molecule has 5 heteroatoms. The highest BCUT2D eigenvalue weighted by Crippen LogP contribution is 2.41. The molecule has 1 aromatic carbocycles. The van der Waals surface area contributed by atoms with Crippen LogP contribution < -0.4 is 0 Å². The molecule has 0 amide bonds. The molecule has 2 unspecified atom stereocenters. The maximum absolute atomic E-state index is 12.5. The first-order valence-electron chi connectivity index (χ1n) is 10.9. The van der Waals surface area contributed by atoms with Crippen molar-refractivity contribution in [2.24, 2.45) is 17.8 Å². The average molecular weight is 395 g/mol. The van der Waals surface area contributed by atoms with E-state index in [1.807, 2.05) is 12.1 Å². The molecule has 3 aliphatic heterocycles. The van der Waals surface area contributed by atoms with E-state index in [1.165, 1.54) is 5.56 Å². The zero-order valence-electron chi connectivity index (χ0n) is 16.7. The molecular weight excluding hydrogens is 366 g/mol. The predicted octanol–water partition coefficient (Wildman–Crippen LogP) is 3.66. The van der Waals surface area contributed by atoms with Crippen LogP contribution in [0.3, 0.4) is 0 Å². The van der Waals surface area contributed by atoms with Crippen LogP contribution in [0.4, 0.5) is 0 Å². The smallest absolute Gasteiger partial charge is 0.311 e. The monoisotopic (exact) mass is 395 g/mol. The summed E-state index contributed by atoms with van der Waals surface area (Å²) in [5.74, 6) is 1.37. The second-order valence-electron chi connectivity index (χ2n) is 8.63. The van der Waals surface area contributed by atoms with Gasteiger partial charge in [-0.05, 0) is 37.0 Å². The number of fused-ring (bicyclic) bond motifs is 1. The van der Waals surface area contributed by atoms with Gasteiger partial charge in [-0.1, -0.05) is 36.4 Å². The number of ether oxygens (including phenoxy) is 3. The van der Waals surface area contributed by atoms with Crippen molar-refractivity contribution < 1.29 is 19.0 Å². The standard InChI is InChI=1S/C24H29NO4/c26-24-21-16-25(14-17-6-2-1-3-7-17)15-20(21)23(29-24)18-9-11-19(12-10-18)28-22-8-4-5-13-27-22/h1-3,6-7,9,11-12,18,20-23H,4-5,8,10,13-16H2/t18?,20-,21+,22?,23+/m1/s1. The summed E-state index contributed by atoms with van der Waals surface area (Å²) in [5.41, 5.74) is 1.30. The van der Waals surface area contributed by atoms with Gasteiger partial charge in [0.05, 0.1) is 12.5 Å². The van der Waals surface area contributed by atoms with Crippen molar-refractivity contribution in [3.8, 4) is 0 Å². The van der Waals surface area contributed by atoms with Crippen LogP contribution in [-0.2, 0) is 25.5 Å². The molecule has 3 fully saturated rings. The molecule has 0 saturated carbocycles. The van der Waals surface area contributed by atoms with Gasteiger partial charge in [0.1, 0.15) is 11.9 Å². The topological polar surface area (TPSA) is 48.0 Å². The minimum absolute atomic E-state index is 0.00868. The lowest BCUT2D eigenvalue weighted by Gasteiger charge is -2.28. The SMILES string of the molecule is O=C1O[C@@H](C2C=CC(OC3CCCCO3)=CC2)[C@@H]2CN(Cc3ccccc3)C[C@H]12. The highest BCUT2D eigenvalue weighted by molar-refractivity contribution is 5.76. The summed E-state index contributed by atoms with van der Waals surface area (Å²) in [4.78, 5) is 14.9. The first-order chi connectivity index (χ1) is 14.3. The summed E-state index contributed by atoms with van der Waals surface area (Å²) in [6.07, 6.45) is 10.2. The van der Waals surface area contributed by atoms with Gasteiger partial charge in [0.2, 0.25) is 0 Å². The Hall–Kier alpha value is -2.11. The molecule has 0 radical (unpaired) electrons. The average Bonchev–Trinajstić information content (AvgIpc) is 3.30. The highest BCUT2D eigenvalue weighted by atomic mass is 16.7. The molecule has 3 heterocycles. The molecule has 5 atom stereocenters. The largest absolute Gasteiger partial charge is 0.465 e. The Balaban J connectivity index is 1.19. The number of esters is 1. The van der Waals surface area contributed by atoms with Crippen LogP contribution in [0.15, 0.2) is 54.3 Å². The molecular formula is C24H29NO4. The number of rotatable bonds is 5. The van der Waals surface area contributed by atoms with E-state index in [4.69, 9.17) is 14.2 Å². The summed E-state index contributed by atoms with van der Waals surface area (Å²) in [6.45, 7) is 3.40. The van der Waals surface area contributed by atoms with Crippen LogP contribution in [0.5, 0.6) is 0 Å². The minimum Gasteiger partial charge on any atom is -0.465 e. The number of hydrogen-bond acceptors (Lipinski definition) is 5. The van der Waals surface area contributed by atoms with Crippen molar-refractivity contribution in [3.05, 3.63) is 59.9 Å². The Bertz CT molecular complexity index is 783. The molecule has 4 aliphatic rings. The third-order valence-electron chi connectivity index (χ3n) is 6.59. The van der Waals surface area contributed by atoms with Gasteiger partial charge in [-0.25, -0.2) is 0 Å². The normalized spacial score (nSPS) is 34.6. The molecule has 5 rings (SSSR count). The molecule has 154 valence electrons. The lowest BCUT2D eigenvalue weighted by atomic mass is 9.83. The zero-order valence-corrected chi connectivity index (χ0v) is 16.7. The number of carbonyl (C=O) groups is 1. The van der Waals surface area contributed by atoms with Crippen LogP contribution >= 0.6 is 0 Å². The highest BCUT2D eigenvalue weighted by Gasteiger charge is 2.51. The minimum atomic E-state index is -0.119. The van der Waals surface area contributed by atoms with Gasteiger partial charge in [-0.15, -0.1) is 0 Å². The third kappa shape index (κ3) is 4.12. The predicted molar refractivity (Wildman–Crippen MR) is 109 cm³/mol. The van der Waals surface area contributed by atoms with Crippen molar-refractivity contribution in [3.63, 3.8) is 0 Å². The quantitative estimate of drug-likeness (QED) is 0.712. The number of cyclic esters (lactones) is 1. The van der Waals surface area contributed by atoms with Gasteiger partial charge < -0.3 is 14.2 Å². The van der Waals surface area contributed by atoms with E-state index in [1.54, 1.807) is 0 Å². The second kappa shape index (κ2) is 8.33. The Morgan fingerprint density at radius 2 is 2.03 bits per heavy atom. The van der Waals surface area contributed by atoms with Crippen molar-refractivity contribution in [1.82, 2.24) is 4.90 Å². The Labute approximate surface area is 172 Å². The maximum Gasteiger partial charge on any atom is 0.311 e. The van der Waals surface area contributed by atoms with Crippen LogP contribution in [0, 0.1) is 17.8 Å². The lowest BCUT2D eigenvalue weighted by molar-refractivity contribution is -0.146. The number of hydrogen-bond donors (Lipinski definition) is 0. The zero-order chi connectivity index (χ0) is 19.6. The van der Waals surface area contributed by atoms with Crippen molar-refractivity contribution in [2.45, 2.75) is 44.6 Å². The van der Waals surface area contributed by atoms with Gasteiger partial charge in [0.15, 0.2) is 6.29 Å². The van der Waals surface area contributed by atoms with Crippen molar-refractivity contribution in [1.29, 1.82) is 0 Å². The molecule has 5 nitrogen and oxygen atoms in total. The summed E-state index contributed by atoms with van der Waals surface area (Å²) in [7, 11) is 0. The number of benzene rings is 1.